The number of thiophene rings is 1. The van der Waals surface area contributed by atoms with Crippen LogP contribution in [-0.2, 0) is 4.74 Å². The first-order chi connectivity index (χ1) is 10.8. The Balaban J connectivity index is 1.92. The lowest BCUT2D eigenvalue weighted by Gasteiger charge is -2.29. The molecule has 1 aliphatic rings. The zero-order valence-electron chi connectivity index (χ0n) is 12.6. The summed E-state index contributed by atoms with van der Waals surface area (Å²) in [6.45, 7) is 5.50. The van der Waals surface area contributed by atoms with Gasteiger partial charge in [-0.05, 0) is 35.9 Å². The Morgan fingerprint density at radius 1 is 1.14 bits per heavy atom. The summed E-state index contributed by atoms with van der Waals surface area (Å²) in [4.78, 5) is 8.56. The van der Waals surface area contributed by atoms with Crippen LogP contribution in [0.2, 0.25) is 0 Å². The molecule has 0 N–H and O–H groups in total. The third kappa shape index (κ3) is 2.49. The Labute approximate surface area is 134 Å². The molecule has 4 rings (SSSR count). The SMILES string of the molecule is Cc1ccc2cc(-c3cccs3)nc(N3CCOCC3)c2c1. The Kier molecular flexibility index (Phi) is 3.56. The van der Waals surface area contributed by atoms with Gasteiger partial charge in [0, 0.05) is 18.5 Å². The lowest BCUT2D eigenvalue weighted by molar-refractivity contribution is 0.122. The van der Waals surface area contributed by atoms with E-state index >= 15 is 0 Å². The molecular formula is C18H18N2OS. The number of ether oxygens (including phenoxy) is 1. The van der Waals surface area contributed by atoms with Gasteiger partial charge in [0.25, 0.3) is 0 Å². The molecule has 1 saturated heterocycles. The molecule has 4 heteroatoms. The van der Waals surface area contributed by atoms with Gasteiger partial charge in [-0.15, -0.1) is 11.3 Å². The maximum absolute atomic E-state index is 5.49. The molecule has 0 aliphatic carbocycles. The van der Waals surface area contributed by atoms with E-state index in [0.717, 1.165) is 37.8 Å². The van der Waals surface area contributed by atoms with E-state index in [4.69, 9.17) is 9.72 Å². The van der Waals surface area contributed by atoms with E-state index in [1.165, 1.54) is 21.2 Å². The quantitative estimate of drug-likeness (QED) is 0.712. The lowest BCUT2D eigenvalue weighted by atomic mass is 10.1. The summed E-state index contributed by atoms with van der Waals surface area (Å²) in [6, 6.07) is 13.0. The summed E-state index contributed by atoms with van der Waals surface area (Å²) >= 11 is 1.74. The molecule has 1 aromatic carbocycles. The van der Waals surface area contributed by atoms with E-state index in [9.17, 15) is 0 Å². The van der Waals surface area contributed by atoms with Gasteiger partial charge < -0.3 is 9.64 Å². The average molecular weight is 310 g/mol. The number of pyridine rings is 1. The van der Waals surface area contributed by atoms with Crippen LogP contribution in [-0.4, -0.2) is 31.3 Å². The molecule has 3 nitrogen and oxygen atoms in total. The van der Waals surface area contributed by atoms with Crippen molar-refractivity contribution in [2.45, 2.75) is 6.92 Å². The summed E-state index contributed by atoms with van der Waals surface area (Å²) in [7, 11) is 0. The van der Waals surface area contributed by atoms with E-state index in [1.54, 1.807) is 11.3 Å². The van der Waals surface area contributed by atoms with Crippen molar-refractivity contribution in [3.63, 3.8) is 0 Å². The molecule has 0 spiro atoms. The minimum Gasteiger partial charge on any atom is -0.378 e. The third-order valence-corrected chi connectivity index (χ3v) is 4.94. The van der Waals surface area contributed by atoms with E-state index in [1.807, 2.05) is 0 Å². The molecule has 0 bridgehead atoms. The standard InChI is InChI=1S/C18H18N2OS/c1-13-4-5-14-12-16(17-3-2-10-22-17)19-18(15(14)11-13)20-6-8-21-9-7-20/h2-5,10-12H,6-9H2,1H3. The van der Waals surface area contributed by atoms with Gasteiger partial charge in [-0.3, -0.25) is 0 Å². The van der Waals surface area contributed by atoms with Crippen molar-refractivity contribution in [2.24, 2.45) is 0 Å². The maximum atomic E-state index is 5.49. The largest absolute Gasteiger partial charge is 0.378 e. The summed E-state index contributed by atoms with van der Waals surface area (Å²) < 4.78 is 5.49. The van der Waals surface area contributed by atoms with Gasteiger partial charge >= 0.3 is 0 Å². The number of hydrogen-bond acceptors (Lipinski definition) is 4. The second-order valence-corrected chi connectivity index (χ2v) is 6.58. The molecule has 0 unspecified atom stereocenters. The zero-order valence-corrected chi connectivity index (χ0v) is 13.4. The van der Waals surface area contributed by atoms with Crippen LogP contribution < -0.4 is 4.90 Å². The fraction of sp³-hybridized carbons (Fsp3) is 0.278. The lowest BCUT2D eigenvalue weighted by Crippen LogP contribution is -2.36. The van der Waals surface area contributed by atoms with Crippen molar-refractivity contribution in [2.75, 3.05) is 31.2 Å². The minimum atomic E-state index is 0.776. The molecule has 22 heavy (non-hydrogen) atoms. The van der Waals surface area contributed by atoms with Crippen LogP contribution in [0.3, 0.4) is 0 Å². The molecule has 1 fully saturated rings. The number of anilines is 1. The van der Waals surface area contributed by atoms with Gasteiger partial charge in [0.05, 0.1) is 23.8 Å². The molecule has 112 valence electrons. The summed E-state index contributed by atoms with van der Waals surface area (Å²) in [5, 5.41) is 4.60. The van der Waals surface area contributed by atoms with Crippen LogP contribution in [0.1, 0.15) is 5.56 Å². The normalized spacial score (nSPS) is 15.4. The Morgan fingerprint density at radius 3 is 2.77 bits per heavy atom. The highest BCUT2D eigenvalue weighted by Crippen LogP contribution is 2.32. The topological polar surface area (TPSA) is 25.4 Å². The highest BCUT2D eigenvalue weighted by molar-refractivity contribution is 7.13. The first kappa shape index (κ1) is 13.7. The molecule has 3 aromatic rings. The van der Waals surface area contributed by atoms with Gasteiger partial charge in [0.15, 0.2) is 0 Å². The van der Waals surface area contributed by atoms with E-state index in [0.29, 0.717) is 0 Å². The first-order valence-electron chi connectivity index (χ1n) is 7.59. The van der Waals surface area contributed by atoms with Gasteiger partial charge in [0.2, 0.25) is 0 Å². The summed E-state index contributed by atoms with van der Waals surface area (Å²) in [5.41, 5.74) is 2.33. The first-order valence-corrected chi connectivity index (χ1v) is 8.47. The monoisotopic (exact) mass is 310 g/mol. The van der Waals surface area contributed by atoms with Gasteiger partial charge in [-0.2, -0.15) is 0 Å². The molecule has 3 heterocycles. The molecule has 0 amide bonds. The van der Waals surface area contributed by atoms with Crippen molar-refractivity contribution in [1.29, 1.82) is 0 Å². The van der Waals surface area contributed by atoms with Gasteiger partial charge in [-0.1, -0.05) is 23.8 Å². The smallest absolute Gasteiger partial charge is 0.137 e. The van der Waals surface area contributed by atoms with Crippen LogP contribution in [0.5, 0.6) is 0 Å². The zero-order chi connectivity index (χ0) is 14.9. The molecule has 0 saturated carbocycles. The number of hydrogen-bond donors (Lipinski definition) is 0. The Hall–Kier alpha value is -1.91. The minimum absolute atomic E-state index is 0.776. The fourth-order valence-corrected chi connectivity index (χ4v) is 3.60. The number of nitrogens with zero attached hydrogens (tertiary/aromatic N) is 2. The molecular weight excluding hydrogens is 292 g/mol. The van der Waals surface area contributed by atoms with Crippen molar-refractivity contribution in [1.82, 2.24) is 4.98 Å². The van der Waals surface area contributed by atoms with Crippen LogP contribution in [0, 0.1) is 6.92 Å². The van der Waals surface area contributed by atoms with E-state index in [-0.39, 0.29) is 0 Å². The average Bonchev–Trinajstić information content (AvgIpc) is 3.09. The van der Waals surface area contributed by atoms with E-state index in [2.05, 4.69) is 53.6 Å². The number of rotatable bonds is 2. The number of morpholine rings is 1. The Morgan fingerprint density at radius 2 is 2.00 bits per heavy atom. The van der Waals surface area contributed by atoms with Crippen LogP contribution in [0.25, 0.3) is 21.3 Å². The molecule has 1 aliphatic heterocycles. The second kappa shape index (κ2) is 5.71. The third-order valence-electron chi connectivity index (χ3n) is 4.05. The van der Waals surface area contributed by atoms with E-state index < -0.39 is 0 Å². The predicted molar refractivity (Wildman–Crippen MR) is 92.8 cm³/mol. The number of benzene rings is 1. The number of aromatic nitrogens is 1. The second-order valence-electron chi connectivity index (χ2n) is 5.63. The van der Waals surface area contributed by atoms with Crippen molar-refractivity contribution < 1.29 is 4.74 Å². The van der Waals surface area contributed by atoms with Crippen molar-refractivity contribution in [3.05, 3.63) is 47.3 Å². The summed E-state index contributed by atoms with van der Waals surface area (Å²) in [5.74, 6) is 1.09. The Bertz CT molecular complexity index is 792. The molecule has 0 radical (unpaired) electrons. The molecule has 2 aromatic heterocycles. The van der Waals surface area contributed by atoms with Gasteiger partial charge in [0.1, 0.15) is 5.82 Å². The van der Waals surface area contributed by atoms with Crippen molar-refractivity contribution in [3.8, 4) is 10.6 Å². The number of aryl methyl sites for hydroxylation is 1. The molecule has 0 atom stereocenters. The fourth-order valence-electron chi connectivity index (χ4n) is 2.91. The number of fused-ring (bicyclic) bond motifs is 1. The predicted octanol–water partition coefficient (Wildman–Crippen LogP) is 4.11. The highest BCUT2D eigenvalue weighted by Gasteiger charge is 2.17. The van der Waals surface area contributed by atoms with Crippen LogP contribution >= 0.6 is 11.3 Å². The highest BCUT2D eigenvalue weighted by atomic mass is 32.1. The maximum Gasteiger partial charge on any atom is 0.137 e. The van der Waals surface area contributed by atoms with Crippen molar-refractivity contribution >= 4 is 27.9 Å². The van der Waals surface area contributed by atoms with Crippen LogP contribution in [0.15, 0.2) is 41.8 Å². The summed E-state index contributed by atoms with van der Waals surface area (Å²) in [6.07, 6.45) is 0. The van der Waals surface area contributed by atoms with Gasteiger partial charge in [-0.25, -0.2) is 4.98 Å². The van der Waals surface area contributed by atoms with Crippen LogP contribution in [0.4, 0.5) is 5.82 Å².